The predicted molar refractivity (Wildman–Crippen MR) is 121 cm³/mol. The Kier molecular flexibility index (Phi) is 9.62. The van der Waals surface area contributed by atoms with Gasteiger partial charge in [0, 0.05) is 12.5 Å². The van der Waals surface area contributed by atoms with Gasteiger partial charge in [0.25, 0.3) is 0 Å². The van der Waals surface area contributed by atoms with Crippen molar-refractivity contribution in [1.29, 1.82) is 0 Å². The van der Waals surface area contributed by atoms with Gasteiger partial charge in [0.2, 0.25) is 11.8 Å². The fraction of sp³-hybridized carbons (Fsp3) is 0.609. The molecule has 1 atom stereocenters. The molecule has 8 heteroatoms. The highest BCUT2D eigenvalue weighted by Crippen LogP contribution is 2.27. The maximum absolute atomic E-state index is 12.4. The minimum absolute atomic E-state index is 0.00856. The van der Waals surface area contributed by atoms with E-state index in [1.54, 1.807) is 32.4 Å². The molecule has 0 aromatic heterocycles. The zero-order chi connectivity index (χ0) is 22.8. The number of carbonyl (C=O) groups is 2. The zero-order valence-electron chi connectivity index (χ0n) is 19.1. The van der Waals surface area contributed by atoms with Crippen molar-refractivity contribution in [2.75, 3.05) is 14.2 Å². The monoisotopic (exact) mass is 432 g/mol. The van der Waals surface area contributed by atoms with E-state index in [2.05, 4.69) is 29.5 Å². The molecule has 1 aliphatic carbocycles. The first-order chi connectivity index (χ1) is 14.8. The SMILES string of the molecule is COc1ccc(CC(=O)NC(N)=N[C@@H](CC(=O)NC2CCCC2)CC(C)C)cc1OC. The van der Waals surface area contributed by atoms with Crippen LogP contribution in [0.5, 0.6) is 11.5 Å². The molecule has 1 aromatic rings. The van der Waals surface area contributed by atoms with Gasteiger partial charge in [0.05, 0.1) is 26.7 Å². The minimum Gasteiger partial charge on any atom is -0.493 e. The summed E-state index contributed by atoms with van der Waals surface area (Å²) in [7, 11) is 3.10. The van der Waals surface area contributed by atoms with Crippen LogP contribution in [0.3, 0.4) is 0 Å². The van der Waals surface area contributed by atoms with Crippen molar-refractivity contribution in [2.45, 2.75) is 70.9 Å². The van der Waals surface area contributed by atoms with Crippen molar-refractivity contribution in [3.63, 3.8) is 0 Å². The number of ether oxygens (including phenoxy) is 2. The van der Waals surface area contributed by atoms with Gasteiger partial charge in [-0.05, 0) is 42.9 Å². The zero-order valence-corrected chi connectivity index (χ0v) is 19.1. The van der Waals surface area contributed by atoms with Gasteiger partial charge in [0.15, 0.2) is 17.5 Å². The van der Waals surface area contributed by atoms with Crippen molar-refractivity contribution >= 4 is 17.8 Å². The van der Waals surface area contributed by atoms with E-state index in [4.69, 9.17) is 15.2 Å². The van der Waals surface area contributed by atoms with Crippen molar-refractivity contribution in [1.82, 2.24) is 10.6 Å². The third-order valence-electron chi connectivity index (χ3n) is 5.29. The van der Waals surface area contributed by atoms with Gasteiger partial charge in [-0.1, -0.05) is 32.8 Å². The quantitative estimate of drug-likeness (QED) is 0.388. The minimum atomic E-state index is -0.285. The van der Waals surface area contributed by atoms with Crippen LogP contribution in [0, 0.1) is 5.92 Å². The summed E-state index contributed by atoms with van der Waals surface area (Å²) in [5.41, 5.74) is 6.75. The lowest BCUT2D eigenvalue weighted by atomic mass is 10.0. The fourth-order valence-electron chi connectivity index (χ4n) is 3.89. The number of nitrogens with zero attached hydrogens (tertiary/aromatic N) is 1. The van der Waals surface area contributed by atoms with Crippen LogP contribution in [-0.2, 0) is 16.0 Å². The number of rotatable bonds is 10. The summed E-state index contributed by atoms with van der Waals surface area (Å²) in [6, 6.07) is 5.29. The normalized spacial score (nSPS) is 15.6. The van der Waals surface area contributed by atoms with Gasteiger partial charge in [-0.3, -0.25) is 14.9 Å². The molecule has 0 unspecified atom stereocenters. The maximum Gasteiger partial charge on any atom is 0.231 e. The van der Waals surface area contributed by atoms with E-state index >= 15 is 0 Å². The molecule has 0 radical (unpaired) electrons. The fourth-order valence-corrected chi connectivity index (χ4v) is 3.89. The second-order valence-corrected chi connectivity index (χ2v) is 8.47. The molecule has 2 rings (SSSR count). The van der Waals surface area contributed by atoms with Gasteiger partial charge in [-0.2, -0.15) is 0 Å². The Morgan fingerprint density at radius 3 is 2.42 bits per heavy atom. The molecule has 8 nitrogen and oxygen atoms in total. The highest BCUT2D eigenvalue weighted by molar-refractivity contribution is 5.97. The first kappa shape index (κ1) is 24.5. The van der Waals surface area contributed by atoms with Crippen molar-refractivity contribution in [3.8, 4) is 11.5 Å². The summed E-state index contributed by atoms with van der Waals surface area (Å²) in [6.07, 6.45) is 5.50. The number of nitrogens with two attached hydrogens (primary N) is 1. The van der Waals surface area contributed by atoms with Crippen LogP contribution in [0.1, 0.15) is 57.9 Å². The number of amides is 2. The van der Waals surface area contributed by atoms with E-state index in [0.29, 0.717) is 23.8 Å². The van der Waals surface area contributed by atoms with Crippen LogP contribution >= 0.6 is 0 Å². The number of benzene rings is 1. The van der Waals surface area contributed by atoms with Gasteiger partial charge in [0.1, 0.15) is 0 Å². The third kappa shape index (κ3) is 8.47. The van der Waals surface area contributed by atoms with E-state index < -0.39 is 0 Å². The summed E-state index contributed by atoms with van der Waals surface area (Å²) in [6.45, 7) is 4.15. The molecule has 1 aliphatic rings. The molecule has 0 saturated heterocycles. The van der Waals surface area contributed by atoms with Crippen LogP contribution in [0.2, 0.25) is 0 Å². The second-order valence-electron chi connectivity index (χ2n) is 8.47. The molecule has 0 spiro atoms. The summed E-state index contributed by atoms with van der Waals surface area (Å²) in [4.78, 5) is 29.3. The average Bonchev–Trinajstić information content (AvgIpc) is 3.19. The first-order valence-electron chi connectivity index (χ1n) is 10.9. The van der Waals surface area contributed by atoms with Crippen LogP contribution in [0.15, 0.2) is 23.2 Å². The number of methoxy groups -OCH3 is 2. The third-order valence-corrected chi connectivity index (χ3v) is 5.29. The van der Waals surface area contributed by atoms with Gasteiger partial charge >= 0.3 is 0 Å². The summed E-state index contributed by atoms with van der Waals surface area (Å²) in [5.74, 6) is 1.24. The average molecular weight is 433 g/mol. The molecule has 172 valence electrons. The Hall–Kier alpha value is -2.77. The summed E-state index contributed by atoms with van der Waals surface area (Å²) >= 11 is 0. The van der Waals surface area contributed by atoms with Crippen LogP contribution in [0.25, 0.3) is 0 Å². The predicted octanol–water partition coefficient (Wildman–Crippen LogP) is 2.54. The number of carbonyl (C=O) groups excluding carboxylic acids is 2. The van der Waals surface area contributed by atoms with E-state index in [-0.39, 0.29) is 42.7 Å². The lowest BCUT2D eigenvalue weighted by molar-refractivity contribution is -0.122. The Morgan fingerprint density at radius 1 is 1.13 bits per heavy atom. The Balaban J connectivity index is 1.95. The highest BCUT2D eigenvalue weighted by atomic mass is 16.5. The molecule has 31 heavy (non-hydrogen) atoms. The van der Waals surface area contributed by atoms with Crippen LogP contribution < -0.4 is 25.8 Å². The molecule has 0 heterocycles. The van der Waals surface area contributed by atoms with Gasteiger partial charge in [-0.15, -0.1) is 0 Å². The molecule has 1 fully saturated rings. The lowest BCUT2D eigenvalue weighted by Gasteiger charge is -2.18. The molecule has 4 N–H and O–H groups in total. The van der Waals surface area contributed by atoms with Crippen molar-refractivity contribution in [3.05, 3.63) is 23.8 Å². The van der Waals surface area contributed by atoms with Crippen molar-refractivity contribution < 1.29 is 19.1 Å². The van der Waals surface area contributed by atoms with E-state index in [9.17, 15) is 9.59 Å². The van der Waals surface area contributed by atoms with Gasteiger partial charge in [-0.25, -0.2) is 4.99 Å². The van der Waals surface area contributed by atoms with E-state index in [1.165, 1.54) is 0 Å². The van der Waals surface area contributed by atoms with Crippen LogP contribution in [-0.4, -0.2) is 44.1 Å². The molecule has 1 aromatic carbocycles. The largest absolute Gasteiger partial charge is 0.493 e. The van der Waals surface area contributed by atoms with E-state index in [1.807, 2.05) is 0 Å². The summed E-state index contributed by atoms with van der Waals surface area (Å²) in [5, 5.41) is 5.72. The summed E-state index contributed by atoms with van der Waals surface area (Å²) < 4.78 is 10.5. The number of hydrogen-bond acceptors (Lipinski definition) is 5. The number of guanidine groups is 1. The number of nitrogens with one attached hydrogen (secondary N) is 2. The molecular formula is C23H36N4O4. The van der Waals surface area contributed by atoms with E-state index in [0.717, 1.165) is 31.2 Å². The smallest absolute Gasteiger partial charge is 0.231 e. The molecule has 1 saturated carbocycles. The molecule has 0 bridgehead atoms. The van der Waals surface area contributed by atoms with Gasteiger partial charge < -0.3 is 20.5 Å². The Bertz CT molecular complexity index is 773. The molecular weight excluding hydrogens is 396 g/mol. The second kappa shape index (κ2) is 12.2. The lowest BCUT2D eigenvalue weighted by Crippen LogP contribution is -2.40. The molecule has 2 amide bonds. The first-order valence-corrected chi connectivity index (χ1v) is 10.9. The number of hydrogen-bond donors (Lipinski definition) is 3. The standard InChI is InChI=1S/C23H36N4O4/c1-15(2)11-18(14-22(29)25-17-7-5-6-8-17)26-23(24)27-21(28)13-16-9-10-19(30-3)20(12-16)31-4/h9-10,12,15,17-18H,5-8,11,13-14H2,1-4H3,(H,25,29)(H3,24,26,27,28)/t18-/m1/s1. The maximum atomic E-state index is 12.4. The van der Waals surface area contributed by atoms with Crippen molar-refractivity contribution in [2.24, 2.45) is 16.6 Å². The highest BCUT2D eigenvalue weighted by Gasteiger charge is 2.21. The topological polar surface area (TPSA) is 115 Å². The molecule has 0 aliphatic heterocycles. The Labute approximate surface area is 185 Å². The van der Waals surface area contributed by atoms with Crippen LogP contribution in [0.4, 0.5) is 0 Å². The Morgan fingerprint density at radius 2 is 1.81 bits per heavy atom. The number of aliphatic imine (C=N–C) groups is 1.